The van der Waals surface area contributed by atoms with Crippen LogP contribution in [0, 0.1) is 0 Å². The van der Waals surface area contributed by atoms with Crippen LogP contribution in [0.3, 0.4) is 0 Å². The molecule has 0 aromatic carbocycles. The number of allylic oxidation sites excluding steroid dienone is 2. The van der Waals surface area contributed by atoms with Gasteiger partial charge in [-0.15, -0.1) is 0 Å². The molecule has 2 aromatic rings. The first-order valence-electron chi connectivity index (χ1n) is 6.15. The monoisotopic (exact) mass is 269 g/mol. The minimum Gasteiger partial charge on any atom is -0.355 e. The zero-order chi connectivity index (χ0) is 14.5. The molecule has 2 aromatic heterocycles. The number of nitrogens with zero attached hydrogens (tertiary/aromatic N) is 1. The fraction of sp³-hybridized carbons (Fsp3) is 0.133. The van der Waals surface area contributed by atoms with Crippen molar-refractivity contribution >= 4 is 11.5 Å². The number of anilines is 1. The van der Waals surface area contributed by atoms with Crippen LogP contribution in [0.15, 0.2) is 53.4 Å². The lowest BCUT2D eigenvalue weighted by Gasteiger charge is -2.07. The Balaban J connectivity index is 2.35. The summed E-state index contributed by atoms with van der Waals surface area (Å²) in [6.07, 6.45) is 6.48. The lowest BCUT2D eigenvalue weighted by Crippen LogP contribution is -2.13. The number of ketones is 1. The Labute approximate surface area is 116 Å². The first-order chi connectivity index (χ1) is 9.56. The van der Waals surface area contributed by atoms with Crippen molar-refractivity contribution in [3.8, 4) is 11.1 Å². The van der Waals surface area contributed by atoms with Gasteiger partial charge in [0.05, 0.1) is 0 Å². The van der Waals surface area contributed by atoms with E-state index in [1.54, 1.807) is 31.6 Å². The van der Waals surface area contributed by atoms with Gasteiger partial charge in [-0.2, -0.15) is 0 Å². The number of carbonyl (C=O) groups excluding carboxylic acids is 1. The number of hydrogen-bond acceptors (Lipinski definition) is 4. The number of rotatable bonds is 4. The first-order valence-corrected chi connectivity index (χ1v) is 6.15. The van der Waals surface area contributed by atoms with E-state index in [0.717, 1.165) is 11.1 Å². The van der Waals surface area contributed by atoms with Crippen LogP contribution in [-0.2, 0) is 4.79 Å². The molecule has 20 heavy (non-hydrogen) atoms. The lowest BCUT2D eigenvalue weighted by molar-refractivity contribution is -0.112. The van der Waals surface area contributed by atoms with Crippen LogP contribution < -0.4 is 10.9 Å². The van der Waals surface area contributed by atoms with E-state index >= 15 is 0 Å². The molecule has 5 nitrogen and oxygen atoms in total. The number of nitrogens with one attached hydrogen (secondary N) is 2. The highest BCUT2D eigenvalue weighted by molar-refractivity contribution is 5.88. The van der Waals surface area contributed by atoms with Gasteiger partial charge in [0.1, 0.15) is 5.69 Å². The molecule has 0 saturated heterocycles. The number of pyridine rings is 2. The van der Waals surface area contributed by atoms with Crippen molar-refractivity contribution in [3.05, 3.63) is 58.9 Å². The molecular formula is C15H15N3O2. The van der Waals surface area contributed by atoms with Crippen LogP contribution in [0.2, 0.25) is 0 Å². The lowest BCUT2D eigenvalue weighted by atomic mass is 10.1. The topological polar surface area (TPSA) is 74.8 Å². The number of aromatic nitrogens is 2. The summed E-state index contributed by atoms with van der Waals surface area (Å²) in [6, 6.07) is 5.46. The van der Waals surface area contributed by atoms with E-state index in [0.29, 0.717) is 11.4 Å². The van der Waals surface area contributed by atoms with Crippen molar-refractivity contribution in [2.24, 2.45) is 0 Å². The molecule has 0 saturated carbocycles. The fourth-order valence-electron chi connectivity index (χ4n) is 1.83. The summed E-state index contributed by atoms with van der Waals surface area (Å²) in [5.74, 6) is -0.0742. The minimum absolute atomic E-state index is 0.0742. The third-order valence-electron chi connectivity index (χ3n) is 2.65. The zero-order valence-electron chi connectivity index (χ0n) is 11.3. The second-order valence-corrected chi connectivity index (χ2v) is 4.44. The van der Waals surface area contributed by atoms with Gasteiger partial charge >= 0.3 is 0 Å². The van der Waals surface area contributed by atoms with Gasteiger partial charge in [-0.3, -0.25) is 14.6 Å². The van der Waals surface area contributed by atoms with Gasteiger partial charge in [0.15, 0.2) is 5.78 Å². The van der Waals surface area contributed by atoms with Gasteiger partial charge < -0.3 is 10.3 Å². The quantitative estimate of drug-likeness (QED) is 0.835. The maximum absolute atomic E-state index is 11.8. The molecule has 0 bridgehead atoms. The van der Waals surface area contributed by atoms with E-state index in [4.69, 9.17) is 0 Å². The van der Waals surface area contributed by atoms with E-state index in [9.17, 15) is 9.59 Å². The van der Waals surface area contributed by atoms with Crippen LogP contribution in [0.25, 0.3) is 11.1 Å². The highest BCUT2D eigenvalue weighted by atomic mass is 16.1. The van der Waals surface area contributed by atoms with Crippen LogP contribution in [0.5, 0.6) is 0 Å². The van der Waals surface area contributed by atoms with E-state index in [2.05, 4.69) is 15.3 Å². The van der Waals surface area contributed by atoms with Crippen molar-refractivity contribution in [3.63, 3.8) is 0 Å². The van der Waals surface area contributed by atoms with Crippen molar-refractivity contribution in [1.82, 2.24) is 9.97 Å². The van der Waals surface area contributed by atoms with Gasteiger partial charge in [0.25, 0.3) is 5.56 Å². The Morgan fingerprint density at radius 1 is 1.35 bits per heavy atom. The normalized spacial score (nSPS) is 11.2. The summed E-state index contributed by atoms with van der Waals surface area (Å²) in [7, 11) is 0. The zero-order valence-corrected chi connectivity index (χ0v) is 11.3. The molecule has 102 valence electrons. The van der Waals surface area contributed by atoms with Crippen molar-refractivity contribution in [2.75, 3.05) is 5.32 Å². The number of carbonyl (C=O) groups is 1. The molecule has 2 rings (SSSR count). The highest BCUT2D eigenvalue weighted by Gasteiger charge is 2.04. The van der Waals surface area contributed by atoms with Gasteiger partial charge in [0.2, 0.25) is 0 Å². The minimum atomic E-state index is -0.242. The molecule has 0 aliphatic heterocycles. The number of aromatic amines is 1. The van der Waals surface area contributed by atoms with Gasteiger partial charge in [-0.1, -0.05) is 6.07 Å². The van der Waals surface area contributed by atoms with Gasteiger partial charge in [-0.05, 0) is 32.1 Å². The second kappa shape index (κ2) is 5.97. The van der Waals surface area contributed by atoms with Crippen LogP contribution in [0.4, 0.5) is 5.69 Å². The standard InChI is InChI=1S/C15H15N3O2/c1-10(6-11(2)19)18-14-7-13(9-17-15(14)20)12-4-3-5-16-8-12/h3-9,18H,1-2H3,(H,17,20). The smallest absolute Gasteiger partial charge is 0.271 e. The molecule has 0 unspecified atom stereocenters. The van der Waals surface area contributed by atoms with Crippen LogP contribution in [-0.4, -0.2) is 15.8 Å². The Morgan fingerprint density at radius 2 is 2.15 bits per heavy atom. The van der Waals surface area contributed by atoms with Gasteiger partial charge in [0, 0.05) is 35.4 Å². The van der Waals surface area contributed by atoms with Crippen LogP contribution in [0.1, 0.15) is 13.8 Å². The Bertz CT molecular complexity index is 703. The molecule has 0 amide bonds. The van der Waals surface area contributed by atoms with E-state index in [1.165, 1.54) is 13.0 Å². The molecular weight excluding hydrogens is 254 g/mol. The molecule has 0 aliphatic rings. The van der Waals surface area contributed by atoms with Gasteiger partial charge in [-0.25, -0.2) is 0 Å². The SMILES string of the molecule is CC(=O)C=C(C)Nc1cc(-c2cccnc2)c[nH]c1=O. The molecule has 2 N–H and O–H groups in total. The van der Waals surface area contributed by atoms with Crippen LogP contribution >= 0.6 is 0 Å². The molecule has 0 fully saturated rings. The fourth-order valence-corrected chi connectivity index (χ4v) is 1.83. The maximum atomic E-state index is 11.8. The molecule has 2 heterocycles. The first kappa shape index (κ1) is 13.7. The summed E-state index contributed by atoms with van der Waals surface area (Å²) in [5.41, 5.74) is 2.51. The second-order valence-electron chi connectivity index (χ2n) is 4.44. The molecule has 5 heteroatoms. The Kier molecular flexibility index (Phi) is 4.10. The average molecular weight is 269 g/mol. The van der Waals surface area contributed by atoms with E-state index < -0.39 is 0 Å². The Hall–Kier alpha value is -2.69. The summed E-state index contributed by atoms with van der Waals surface area (Å²) in [4.78, 5) is 29.5. The third kappa shape index (κ3) is 3.41. The molecule has 0 radical (unpaired) electrons. The predicted molar refractivity (Wildman–Crippen MR) is 78.4 cm³/mol. The van der Waals surface area contributed by atoms with Crippen molar-refractivity contribution in [1.29, 1.82) is 0 Å². The number of hydrogen-bond donors (Lipinski definition) is 2. The van der Waals surface area contributed by atoms with Crippen molar-refractivity contribution < 1.29 is 4.79 Å². The third-order valence-corrected chi connectivity index (χ3v) is 2.65. The summed E-state index contributed by atoms with van der Waals surface area (Å²) < 4.78 is 0. The van der Waals surface area contributed by atoms with E-state index in [1.807, 2.05) is 12.1 Å². The summed E-state index contributed by atoms with van der Waals surface area (Å²) in [6.45, 7) is 3.19. The Morgan fingerprint density at radius 3 is 2.80 bits per heavy atom. The summed E-state index contributed by atoms with van der Waals surface area (Å²) >= 11 is 0. The summed E-state index contributed by atoms with van der Waals surface area (Å²) in [5, 5.41) is 2.93. The average Bonchev–Trinajstić information content (AvgIpc) is 2.41. The molecule has 0 atom stereocenters. The van der Waals surface area contributed by atoms with E-state index in [-0.39, 0.29) is 11.3 Å². The predicted octanol–water partition coefficient (Wildman–Crippen LogP) is 2.34. The molecule has 0 spiro atoms. The maximum Gasteiger partial charge on any atom is 0.271 e. The van der Waals surface area contributed by atoms with Crippen molar-refractivity contribution in [2.45, 2.75) is 13.8 Å². The molecule has 0 aliphatic carbocycles. The highest BCUT2D eigenvalue weighted by Crippen LogP contribution is 2.18. The number of H-pyrrole nitrogens is 1. The largest absolute Gasteiger partial charge is 0.355 e.